The van der Waals surface area contributed by atoms with Crippen molar-refractivity contribution in [2.75, 3.05) is 5.32 Å². The van der Waals surface area contributed by atoms with Crippen molar-refractivity contribution in [2.45, 2.75) is 6.54 Å². The van der Waals surface area contributed by atoms with E-state index in [9.17, 15) is 0 Å². The van der Waals surface area contributed by atoms with E-state index in [1.807, 2.05) is 36.5 Å². The summed E-state index contributed by atoms with van der Waals surface area (Å²) in [5, 5.41) is 4.64. The molecule has 0 fully saturated rings. The molecule has 2 nitrogen and oxygen atoms in total. The van der Waals surface area contributed by atoms with E-state index < -0.39 is 0 Å². The quantitative estimate of drug-likeness (QED) is 0.744. The lowest BCUT2D eigenvalue weighted by atomic mass is 10.1. The maximum Gasteiger partial charge on any atom is 0.0705 e. The summed E-state index contributed by atoms with van der Waals surface area (Å²) in [7, 11) is 0. The predicted molar refractivity (Wildman–Crippen MR) is 75.5 cm³/mol. The van der Waals surface area contributed by atoms with Gasteiger partial charge in [0.2, 0.25) is 0 Å². The Morgan fingerprint density at radius 2 is 1.61 bits per heavy atom. The average Bonchev–Trinajstić information content (AvgIpc) is 2.46. The van der Waals surface area contributed by atoms with Crippen LogP contribution in [0.5, 0.6) is 0 Å². The van der Waals surface area contributed by atoms with Crippen LogP contribution < -0.4 is 5.32 Å². The van der Waals surface area contributed by atoms with Gasteiger partial charge >= 0.3 is 0 Å². The molecule has 3 rings (SSSR count). The number of rotatable bonds is 3. The molecule has 0 aliphatic heterocycles. The van der Waals surface area contributed by atoms with E-state index in [2.05, 4.69) is 40.6 Å². The monoisotopic (exact) mass is 234 g/mol. The Morgan fingerprint density at radius 1 is 0.833 bits per heavy atom. The van der Waals surface area contributed by atoms with Gasteiger partial charge in [0.15, 0.2) is 0 Å². The normalized spacial score (nSPS) is 10.4. The Kier molecular flexibility index (Phi) is 2.92. The number of nitrogens with zero attached hydrogens (tertiary/aromatic N) is 1. The van der Waals surface area contributed by atoms with Crippen LogP contribution in [-0.4, -0.2) is 4.98 Å². The van der Waals surface area contributed by atoms with Crippen molar-refractivity contribution in [3.8, 4) is 0 Å². The maximum atomic E-state index is 4.37. The number of hydrogen-bond donors (Lipinski definition) is 1. The highest BCUT2D eigenvalue weighted by molar-refractivity contribution is 5.82. The molecular formula is C16H14N2. The molecule has 3 aromatic rings. The zero-order valence-electron chi connectivity index (χ0n) is 10.0. The summed E-state index contributed by atoms with van der Waals surface area (Å²) in [5.74, 6) is 0. The highest BCUT2D eigenvalue weighted by Crippen LogP contribution is 2.17. The fourth-order valence-electron chi connectivity index (χ4n) is 2.06. The van der Waals surface area contributed by atoms with Crippen LogP contribution in [0.15, 0.2) is 66.9 Å². The van der Waals surface area contributed by atoms with Crippen molar-refractivity contribution in [1.29, 1.82) is 0 Å². The SMILES string of the molecule is c1ccc(NCc2ccnc3ccccc23)cc1. The minimum Gasteiger partial charge on any atom is -0.381 e. The van der Waals surface area contributed by atoms with Gasteiger partial charge in [-0.25, -0.2) is 0 Å². The number of fused-ring (bicyclic) bond motifs is 1. The fourth-order valence-corrected chi connectivity index (χ4v) is 2.06. The number of anilines is 1. The zero-order chi connectivity index (χ0) is 12.2. The van der Waals surface area contributed by atoms with Crippen molar-refractivity contribution in [2.24, 2.45) is 0 Å². The van der Waals surface area contributed by atoms with E-state index in [1.54, 1.807) is 0 Å². The van der Waals surface area contributed by atoms with Crippen LogP contribution >= 0.6 is 0 Å². The van der Waals surface area contributed by atoms with Gasteiger partial charge in [-0.3, -0.25) is 4.98 Å². The number of aromatic nitrogens is 1. The number of pyridine rings is 1. The molecule has 0 saturated carbocycles. The van der Waals surface area contributed by atoms with Crippen LogP contribution in [0.25, 0.3) is 10.9 Å². The largest absolute Gasteiger partial charge is 0.381 e. The minimum atomic E-state index is 0.813. The second-order valence-corrected chi connectivity index (χ2v) is 4.21. The first-order valence-electron chi connectivity index (χ1n) is 6.05. The van der Waals surface area contributed by atoms with Gasteiger partial charge in [0.1, 0.15) is 0 Å². The van der Waals surface area contributed by atoms with E-state index in [4.69, 9.17) is 0 Å². The number of nitrogens with one attached hydrogen (secondary N) is 1. The first-order chi connectivity index (χ1) is 8.93. The second kappa shape index (κ2) is 4.88. The Balaban J connectivity index is 1.87. The molecule has 0 amide bonds. The van der Waals surface area contributed by atoms with Crippen molar-refractivity contribution < 1.29 is 0 Å². The Hall–Kier alpha value is -2.35. The molecule has 0 bridgehead atoms. The van der Waals surface area contributed by atoms with Crippen molar-refractivity contribution in [3.63, 3.8) is 0 Å². The third-order valence-electron chi connectivity index (χ3n) is 3.00. The molecular weight excluding hydrogens is 220 g/mol. The molecule has 0 aliphatic carbocycles. The highest BCUT2D eigenvalue weighted by atomic mass is 14.9. The predicted octanol–water partition coefficient (Wildman–Crippen LogP) is 3.85. The summed E-state index contributed by atoms with van der Waals surface area (Å²) in [4.78, 5) is 4.37. The number of hydrogen-bond acceptors (Lipinski definition) is 2. The Morgan fingerprint density at radius 3 is 2.50 bits per heavy atom. The molecule has 1 aromatic heterocycles. The number of para-hydroxylation sites is 2. The van der Waals surface area contributed by atoms with Crippen LogP contribution in [0.4, 0.5) is 5.69 Å². The number of benzene rings is 2. The van der Waals surface area contributed by atoms with Crippen molar-refractivity contribution >= 4 is 16.6 Å². The van der Waals surface area contributed by atoms with Crippen LogP contribution in [0, 0.1) is 0 Å². The summed E-state index contributed by atoms with van der Waals surface area (Å²) in [6.07, 6.45) is 1.87. The minimum absolute atomic E-state index is 0.813. The standard InChI is InChI=1S/C16H14N2/c1-2-6-14(7-3-1)18-12-13-10-11-17-16-9-5-4-8-15(13)16/h1-11,18H,12H2. The lowest BCUT2D eigenvalue weighted by Gasteiger charge is -2.08. The van der Waals surface area contributed by atoms with Crippen molar-refractivity contribution in [1.82, 2.24) is 4.98 Å². The summed E-state index contributed by atoms with van der Waals surface area (Å²) in [6, 6.07) is 20.5. The average molecular weight is 234 g/mol. The van der Waals surface area contributed by atoms with E-state index in [0.717, 1.165) is 17.7 Å². The molecule has 0 unspecified atom stereocenters. The van der Waals surface area contributed by atoms with Crippen LogP contribution in [0.2, 0.25) is 0 Å². The summed E-state index contributed by atoms with van der Waals surface area (Å²) in [6.45, 7) is 0.813. The zero-order valence-corrected chi connectivity index (χ0v) is 10.0. The fraction of sp³-hybridized carbons (Fsp3) is 0.0625. The van der Waals surface area contributed by atoms with Gasteiger partial charge in [0.25, 0.3) is 0 Å². The maximum absolute atomic E-state index is 4.37. The molecule has 0 radical (unpaired) electrons. The molecule has 0 spiro atoms. The van der Waals surface area contributed by atoms with E-state index in [0.29, 0.717) is 0 Å². The van der Waals surface area contributed by atoms with Crippen LogP contribution in [0.3, 0.4) is 0 Å². The Bertz CT molecular complexity index is 642. The van der Waals surface area contributed by atoms with Crippen LogP contribution in [-0.2, 0) is 6.54 Å². The van der Waals surface area contributed by atoms with Crippen molar-refractivity contribution in [3.05, 3.63) is 72.4 Å². The van der Waals surface area contributed by atoms with Crippen LogP contribution in [0.1, 0.15) is 5.56 Å². The van der Waals surface area contributed by atoms with Gasteiger partial charge in [-0.05, 0) is 29.8 Å². The van der Waals surface area contributed by atoms with Gasteiger partial charge < -0.3 is 5.32 Å². The molecule has 1 heterocycles. The molecule has 1 N–H and O–H groups in total. The molecule has 2 aromatic carbocycles. The molecule has 2 heteroatoms. The van der Waals surface area contributed by atoms with Gasteiger partial charge in [-0.15, -0.1) is 0 Å². The van der Waals surface area contributed by atoms with E-state index >= 15 is 0 Å². The molecule has 0 atom stereocenters. The third-order valence-corrected chi connectivity index (χ3v) is 3.00. The first kappa shape index (κ1) is 10.8. The van der Waals surface area contributed by atoms with E-state index in [-0.39, 0.29) is 0 Å². The topological polar surface area (TPSA) is 24.9 Å². The molecule has 0 aliphatic rings. The lowest BCUT2D eigenvalue weighted by molar-refractivity contribution is 1.16. The second-order valence-electron chi connectivity index (χ2n) is 4.21. The summed E-state index contributed by atoms with van der Waals surface area (Å²) >= 11 is 0. The Labute approximate surface area is 106 Å². The van der Waals surface area contributed by atoms with Gasteiger partial charge in [0, 0.05) is 23.8 Å². The molecule has 18 heavy (non-hydrogen) atoms. The summed E-state index contributed by atoms with van der Waals surface area (Å²) < 4.78 is 0. The smallest absolute Gasteiger partial charge is 0.0705 e. The van der Waals surface area contributed by atoms with E-state index in [1.165, 1.54) is 10.9 Å². The highest BCUT2D eigenvalue weighted by Gasteiger charge is 2.00. The molecule has 88 valence electrons. The first-order valence-corrected chi connectivity index (χ1v) is 6.05. The van der Waals surface area contributed by atoms with Gasteiger partial charge in [0.05, 0.1) is 5.52 Å². The lowest BCUT2D eigenvalue weighted by Crippen LogP contribution is -2.00. The third kappa shape index (κ3) is 2.18. The molecule has 0 saturated heterocycles. The van der Waals surface area contributed by atoms with Gasteiger partial charge in [-0.1, -0.05) is 36.4 Å². The van der Waals surface area contributed by atoms with Gasteiger partial charge in [-0.2, -0.15) is 0 Å². The summed E-state index contributed by atoms with van der Waals surface area (Å²) in [5.41, 5.74) is 3.45.